The van der Waals surface area contributed by atoms with Crippen LogP contribution in [0.15, 0.2) is 78.9 Å². The summed E-state index contributed by atoms with van der Waals surface area (Å²) in [5.41, 5.74) is 1.49. The van der Waals surface area contributed by atoms with Crippen molar-refractivity contribution in [3.05, 3.63) is 90.0 Å². The highest BCUT2D eigenvalue weighted by atomic mass is 16.5. The summed E-state index contributed by atoms with van der Waals surface area (Å²) in [4.78, 5) is 68.3. The highest BCUT2D eigenvalue weighted by Crippen LogP contribution is 2.20. The molecule has 2 aliphatic heterocycles. The third-order valence-corrected chi connectivity index (χ3v) is 9.22. The maximum absolute atomic E-state index is 14.2. The maximum atomic E-state index is 14.2. The SMILES string of the molecule is CCOc1ccc(OC(NC(=O)[C@@H]2Cc3ccc(cc3)OCCCCC(=O)N[C@@H](C(C)C)C(=O)N2)C(=O)N[C@H](C(=O)OCc2ccccc2)[C@@H](C)CC)cc1. The van der Waals surface area contributed by atoms with E-state index in [1.54, 1.807) is 62.4 Å². The van der Waals surface area contributed by atoms with Crippen LogP contribution < -0.4 is 35.5 Å². The lowest BCUT2D eigenvalue weighted by molar-refractivity contribution is -0.152. The predicted molar refractivity (Wildman–Crippen MR) is 206 cm³/mol. The third-order valence-electron chi connectivity index (χ3n) is 9.22. The Morgan fingerprint density at radius 1 is 0.855 bits per heavy atom. The summed E-state index contributed by atoms with van der Waals surface area (Å²) in [5, 5.41) is 11.0. The van der Waals surface area contributed by atoms with Crippen molar-refractivity contribution in [1.29, 1.82) is 0 Å². The number of hydrogen-bond acceptors (Lipinski definition) is 9. The Hall–Kier alpha value is -5.59. The number of ether oxygens (including phenoxy) is 4. The van der Waals surface area contributed by atoms with Crippen LogP contribution in [0.2, 0.25) is 0 Å². The van der Waals surface area contributed by atoms with Crippen molar-refractivity contribution in [2.75, 3.05) is 13.2 Å². The van der Waals surface area contributed by atoms with Crippen LogP contribution in [-0.2, 0) is 41.7 Å². The van der Waals surface area contributed by atoms with Gasteiger partial charge in [-0.3, -0.25) is 19.2 Å². The van der Waals surface area contributed by atoms with Crippen LogP contribution in [0.4, 0.5) is 0 Å². The Morgan fingerprint density at radius 2 is 1.55 bits per heavy atom. The molecule has 0 fully saturated rings. The van der Waals surface area contributed by atoms with E-state index in [0.717, 1.165) is 5.56 Å². The molecule has 2 bridgehead atoms. The molecule has 296 valence electrons. The van der Waals surface area contributed by atoms with Crippen LogP contribution >= 0.6 is 0 Å². The minimum Gasteiger partial charge on any atom is -0.494 e. The first kappa shape index (κ1) is 42.2. The number of rotatable bonds is 14. The molecule has 13 heteroatoms. The zero-order valence-electron chi connectivity index (χ0n) is 32.3. The van der Waals surface area contributed by atoms with E-state index >= 15 is 0 Å². The predicted octanol–water partition coefficient (Wildman–Crippen LogP) is 4.61. The van der Waals surface area contributed by atoms with Gasteiger partial charge in [-0.25, -0.2) is 4.79 Å². The summed E-state index contributed by atoms with van der Waals surface area (Å²) in [6.07, 6.45) is 0.369. The molecule has 0 radical (unpaired) electrons. The summed E-state index contributed by atoms with van der Waals surface area (Å²) in [6, 6.07) is 19.6. The smallest absolute Gasteiger partial charge is 0.329 e. The number of carbonyl (C=O) groups is 5. The number of nitrogens with one attached hydrogen (secondary N) is 4. The van der Waals surface area contributed by atoms with E-state index in [0.29, 0.717) is 49.5 Å². The number of hydrogen-bond donors (Lipinski definition) is 4. The quantitative estimate of drug-likeness (QED) is 0.136. The fraction of sp³-hybridized carbons (Fsp3) is 0.452. The molecule has 2 heterocycles. The number of fused-ring (bicyclic) bond motifs is 13. The molecule has 5 atom stereocenters. The molecule has 3 aromatic rings. The summed E-state index contributed by atoms with van der Waals surface area (Å²) >= 11 is 0. The summed E-state index contributed by atoms with van der Waals surface area (Å²) in [7, 11) is 0. The molecular formula is C42H54N4O9. The first-order valence-corrected chi connectivity index (χ1v) is 19.0. The Bertz CT molecular complexity index is 1700. The average molecular weight is 759 g/mol. The van der Waals surface area contributed by atoms with Gasteiger partial charge >= 0.3 is 5.97 Å². The van der Waals surface area contributed by atoms with Crippen LogP contribution in [0.5, 0.6) is 17.2 Å². The Morgan fingerprint density at radius 3 is 2.20 bits per heavy atom. The van der Waals surface area contributed by atoms with E-state index in [1.165, 1.54) is 0 Å². The molecule has 55 heavy (non-hydrogen) atoms. The number of amides is 4. The second kappa shape index (κ2) is 21.3. The van der Waals surface area contributed by atoms with Crippen molar-refractivity contribution in [3.63, 3.8) is 0 Å². The summed E-state index contributed by atoms with van der Waals surface area (Å²) in [5.74, 6) is -2.22. The zero-order valence-corrected chi connectivity index (χ0v) is 32.3. The molecule has 4 amide bonds. The van der Waals surface area contributed by atoms with Crippen molar-refractivity contribution in [2.45, 2.75) is 97.7 Å². The van der Waals surface area contributed by atoms with E-state index in [2.05, 4.69) is 21.3 Å². The maximum Gasteiger partial charge on any atom is 0.329 e. The fourth-order valence-electron chi connectivity index (χ4n) is 5.80. The van der Waals surface area contributed by atoms with Crippen molar-refractivity contribution < 1.29 is 42.9 Å². The lowest BCUT2D eigenvalue weighted by Gasteiger charge is -2.28. The first-order chi connectivity index (χ1) is 26.5. The molecule has 4 N–H and O–H groups in total. The van der Waals surface area contributed by atoms with Crippen molar-refractivity contribution >= 4 is 29.6 Å². The first-order valence-electron chi connectivity index (χ1n) is 19.0. The van der Waals surface area contributed by atoms with Gasteiger partial charge in [-0.15, -0.1) is 0 Å². The van der Waals surface area contributed by atoms with E-state index in [-0.39, 0.29) is 42.9 Å². The largest absolute Gasteiger partial charge is 0.494 e. The monoisotopic (exact) mass is 758 g/mol. The van der Waals surface area contributed by atoms with Gasteiger partial charge in [0.1, 0.15) is 42.0 Å². The van der Waals surface area contributed by atoms with Crippen LogP contribution in [0, 0.1) is 11.8 Å². The lowest BCUT2D eigenvalue weighted by atomic mass is 9.99. The van der Waals surface area contributed by atoms with Crippen LogP contribution in [-0.4, -0.2) is 67.2 Å². The summed E-state index contributed by atoms with van der Waals surface area (Å²) in [6.45, 7) is 10.0. The second-order valence-corrected chi connectivity index (χ2v) is 13.9. The van der Waals surface area contributed by atoms with Gasteiger partial charge in [0, 0.05) is 12.8 Å². The minimum absolute atomic E-state index is 0.0115. The molecular weight excluding hydrogens is 704 g/mol. The molecule has 2 aliphatic rings. The van der Waals surface area contributed by atoms with Gasteiger partial charge in [-0.1, -0.05) is 76.6 Å². The molecule has 0 aromatic heterocycles. The van der Waals surface area contributed by atoms with Gasteiger partial charge in [-0.2, -0.15) is 0 Å². The van der Waals surface area contributed by atoms with Gasteiger partial charge < -0.3 is 40.2 Å². The van der Waals surface area contributed by atoms with Crippen LogP contribution in [0.25, 0.3) is 0 Å². The van der Waals surface area contributed by atoms with Gasteiger partial charge in [0.25, 0.3) is 12.1 Å². The third kappa shape index (κ3) is 13.3. The summed E-state index contributed by atoms with van der Waals surface area (Å²) < 4.78 is 23.0. The van der Waals surface area contributed by atoms with E-state index in [4.69, 9.17) is 18.9 Å². The molecule has 3 aromatic carbocycles. The van der Waals surface area contributed by atoms with Crippen LogP contribution in [0.3, 0.4) is 0 Å². The van der Waals surface area contributed by atoms with Crippen LogP contribution in [0.1, 0.15) is 71.4 Å². The lowest BCUT2D eigenvalue weighted by Crippen LogP contribution is -2.60. The number of esters is 1. The standard InChI is InChI=1S/C42H54N4O9/c1-6-28(5)37(42(51)54-26-30-13-9-8-10-14-30)45-40(50)41(55-33-22-20-31(21-23-33)52-7-2)46-38(48)34-25-29-16-18-32(19-17-29)53-24-12-11-15-35(47)44-36(27(3)4)39(49)43-34/h8-10,13-14,16-23,27-28,34,36-37,41H,6-7,11-12,15,24-26H2,1-5H3,(H,43,49)(H,44,47)(H,45,50)(H,46,48)/t28-,34-,36-,37-,41?/m0/s1. The Balaban J connectivity index is 1.62. The van der Waals surface area contributed by atoms with Gasteiger partial charge in [0.15, 0.2) is 0 Å². The molecule has 0 saturated heterocycles. The molecule has 13 nitrogen and oxygen atoms in total. The van der Waals surface area contributed by atoms with Crippen molar-refractivity contribution in [1.82, 2.24) is 21.3 Å². The van der Waals surface area contributed by atoms with E-state index in [9.17, 15) is 24.0 Å². The highest BCUT2D eigenvalue weighted by molar-refractivity contribution is 5.95. The normalized spacial score (nSPS) is 18.1. The van der Waals surface area contributed by atoms with Gasteiger partial charge in [0.2, 0.25) is 17.7 Å². The van der Waals surface area contributed by atoms with Crippen molar-refractivity contribution in [3.8, 4) is 17.2 Å². The molecule has 5 rings (SSSR count). The minimum atomic E-state index is -1.65. The fourth-order valence-corrected chi connectivity index (χ4v) is 5.80. The molecule has 0 saturated carbocycles. The number of benzene rings is 3. The van der Waals surface area contributed by atoms with Gasteiger partial charge in [-0.05, 0) is 79.1 Å². The molecule has 1 unspecified atom stereocenters. The van der Waals surface area contributed by atoms with Gasteiger partial charge in [0.05, 0.1) is 13.2 Å². The van der Waals surface area contributed by atoms with E-state index < -0.39 is 48.0 Å². The zero-order chi connectivity index (χ0) is 39.7. The number of carbonyl (C=O) groups excluding carboxylic acids is 5. The van der Waals surface area contributed by atoms with E-state index in [1.807, 2.05) is 51.1 Å². The highest BCUT2D eigenvalue weighted by Gasteiger charge is 2.35. The van der Waals surface area contributed by atoms with Crippen molar-refractivity contribution in [2.24, 2.45) is 11.8 Å². The Kier molecular flexibility index (Phi) is 16.4. The topological polar surface area (TPSA) is 170 Å². The average Bonchev–Trinajstić information content (AvgIpc) is 3.18. The second-order valence-electron chi connectivity index (χ2n) is 13.9. The Labute approximate surface area is 323 Å². The molecule has 0 aliphatic carbocycles. The molecule has 0 spiro atoms.